The second-order valence-corrected chi connectivity index (χ2v) is 5.24. The SMILES string of the molecule is CCNC1CCCC(N2CCOCC2C)C1. The van der Waals surface area contributed by atoms with Crippen LogP contribution >= 0.6 is 0 Å². The summed E-state index contributed by atoms with van der Waals surface area (Å²) in [4.78, 5) is 2.67. The molecule has 2 aliphatic rings. The average molecular weight is 226 g/mol. The number of hydrogen-bond acceptors (Lipinski definition) is 3. The van der Waals surface area contributed by atoms with Crippen molar-refractivity contribution < 1.29 is 4.74 Å². The molecule has 0 spiro atoms. The zero-order chi connectivity index (χ0) is 11.4. The topological polar surface area (TPSA) is 24.5 Å². The summed E-state index contributed by atoms with van der Waals surface area (Å²) in [7, 11) is 0. The van der Waals surface area contributed by atoms with Crippen LogP contribution in [-0.2, 0) is 4.74 Å². The van der Waals surface area contributed by atoms with Gasteiger partial charge in [0.15, 0.2) is 0 Å². The van der Waals surface area contributed by atoms with Crippen molar-refractivity contribution >= 4 is 0 Å². The second-order valence-electron chi connectivity index (χ2n) is 5.24. The quantitative estimate of drug-likeness (QED) is 0.791. The van der Waals surface area contributed by atoms with Gasteiger partial charge in [0, 0.05) is 24.7 Å². The minimum atomic E-state index is 0.610. The van der Waals surface area contributed by atoms with Crippen molar-refractivity contribution in [3.63, 3.8) is 0 Å². The maximum atomic E-state index is 5.52. The van der Waals surface area contributed by atoms with Gasteiger partial charge >= 0.3 is 0 Å². The molecule has 3 heteroatoms. The monoisotopic (exact) mass is 226 g/mol. The molecule has 1 saturated heterocycles. The molecule has 0 amide bonds. The number of rotatable bonds is 3. The van der Waals surface area contributed by atoms with Crippen LogP contribution < -0.4 is 5.32 Å². The summed E-state index contributed by atoms with van der Waals surface area (Å²) in [5.41, 5.74) is 0. The Labute approximate surface area is 99.5 Å². The minimum Gasteiger partial charge on any atom is -0.379 e. The summed E-state index contributed by atoms with van der Waals surface area (Å²) < 4.78 is 5.52. The predicted octanol–water partition coefficient (Wildman–Crippen LogP) is 1.63. The van der Waals surface area contributed by atoms with E-state index in [2.05, 4.69) is 24.1 Å². The second kappa shape index (κ2) is 5.99. The van der Waals surface area contributed by atoms with Crippen LogP contribution in [0.15, 0.2) is 0 Å². The van der Waals surface area contributed by atoms with Crippen molar-refractivity contribution in [3.8, 4) is 0 Å². The summed E-state index contributed by atoms with van der Waals surface area (Å²) in [5.74, 6) is 0. The standard InChI is InChI=1S/C13H26N2O/c1-3-14-12-5-4-6-13(9-12)15-7-8-16-10-11(15)2/h11-14H,3-10H2,1-2H3. The molecule has 3 unspecified atom stereocenters. The number of morpholine rings is 1. The van der Waals surface area contributed by atoms with Crippen molar-refractivity contribution in [2.24, 2.45) is 0 Å². The molecule has 1 heterocycles. The highest BCUT2D eigenvalue weighted by molar-refractivity contribution is 4.87. The molecule has 2 rings (SSSR count). The van der Waals surface area contributed by atoms with Gasteiger partial charge < -0.3 is 10.1 Å². The molecule has 0 aromatic rings. The Morgan fingerprint density at radius 1 is 1.38 bits per heavy atom. The van der Waals surface area contributed by atoms with Crippen LogP contribution in [-0.4, -0.2) is 49.3 Å². The maximum Gasteiger partial charge on any atom is 0.0619 e. The first-order valence-electron chi connectivity index (χ1n) is 6.88. The van der Waals surface area contributed by atoms with E-state index in [0.29, 0.717) is 6.04 Å². The van der Waals surface area contributed by atoms with Gasteiger partial charge in [-0.3, -0.25) is 4.90 Å². The highest BCUT2D eigenvalue weighted by Gasteiger charge is 2.30. The van der Waals surface area contributed by atoms with Gasteiger partial charge in [0.2, 0.25) is 0 Å². The van der Waals surface area contributed by atoms with Crippen LogP contribution in [0.4, 0.5) is 0 Å². The van der Waals surface area contributed by atoms with E-state index >= 15 is 0 Å². The van der Waals surface area contributed by atoms with Crippen LogP contribution in [0.2, 0.25) is 0 Å². The van der Waals surface area contributed by atoms with E-state index in [4.69, 9.17) is 4.74 Å². The van der Waals surface area contributed by atoms with Gasteiger partial charge in [-0.25, -0.2) is 0 Å². The number of hydrogen-bond donors (Lipinski definition) is 1. The molecule has 3 atom stereocenters. The summed E-state index contributed by atoms with van der Waals surface area (Å²) in [6.45, 7) is 8.59. The first kappa shape index (κ1) is 12.3. The molecule has 1 aliphatic carbocycles. The largest absolute Gasteiger partial charge is 0.379 e. The van der Waals surface area contributed by atoms with E-state index in [1.807, 2.05) is 0 Å². The first-order chi connectivity index (χ1) is 7.81. The molecule has 0 bridgehead atoms. The minimum absolute atomic E-state index is 0.610. The van der Waals surface area contributed by atoms with E-state index in [1.54, 1.807) is 0 Å². The number of ether oxygens (including phenoxy) is 1. The number of nitrogens with zero attached hydrogens (tertiary/aromatic N) is 1. The van der Waals surface area contributed by atoms with Crippen molar-refractivity contribution in [1.29, 1.82) is 0 Å². The van der Waals surface area contributed by atoms with Crippen LogP contribution in [0.25, 0.3) is 0 Å². The Hall–Kier alpha value is -0.120. The molecule has 2 fully saturated rings. The normalized spacial score (nSPS) is 37.5. The van der Waals surface area contributed by atoms with Gasteiger partial charge in [-0.15, -0.1) is 0 Å². The van der Waals surface area contributed by atoms with Crippen molar-refractivity contribution in [2.75, 3.05) is 26.3 Å². The Balaban J connectivity index is 1.87. The van der Waals surface area contributed by atoms with Gasteiger partial charge in [0.25, 0.3) is 0 Å². The van der Waals surface area contributed by atoms with Gasteiger partial charge in [-0.1, -0.05) is 13.3 Å². The lowest BCUT2D eigenvalue weighted by Gasteiger charge is -2.43. The lowest BCUT2D eigenvalue weighted by molar-refractivity contribution is -0.0316. The van der Waals surface area contributed by atoms with Crippen LogP contribution in [0.1, 0.15) is 39.5 Å². The Kier molecular flexibility index (Phi) is 4.62. The molecule has 0 radical (unpaired) electrons. The zero-order valence-corrected chi connectivity index (χ0v) is 10.7. The fourth-order valence-corrected chi connectivity index (χ4v) is 3.22. The predicted molar refractivity (Wildman–Crippen MR) is 66.7 cm³/mol. The first-order valence-corrected chi connectivity index (χ1v) is 6.88. The van der Waals surface area contributed by atoms with Crippen molar-refractivity contribution in [1.82, 2.24) is 10.2 Å². The summed E-state index contributed by atoms with van der Waals surface area (Å²) >= 11 is 0. The van der Waals surface area contributed by atoms with E-state index in [9.17, 15) is 0 Å². The third kappa shape index (κ3) is 2.96. The molecule has 16 heavy (non-hydrogen) atoms. The maximum absolute atomic E-state index is 5.52. The molecule has 0 aromatic carbocycles. The van der Waals surface area contributed by atoms with Crippen LogP contribution in [0, 0.1) is 0 Å². The lowest BCUT2D eigenvalue weighted by Crippen LogP contribution is -2.52. The Morgan fingerprint density at radius 2 is 2.25 bits per heavy atom. The molecule has 1 saturated carbocycles. The summed E-state index contributed by atoms with van der Waals surface area (Å²) in [5, 5.41) is 3.61. The van der Waals surface area contributed by atoms with Gasteiger partial charge in [0.1, 0.15) is 0 Å². The average Bonchev–Trinajstić information content (AvgIpc) is 2.30. The van der Waals surface area contributed by atoms with Crippen molar-refractivity contribution in [2.45, 2.75) is 57.7 Å². The lowest BCUT2D eigenvalue weighted by atomic mass is 9.89. The Morgan fingerprint density at radius 3 is 3.00 bits per heavy atom. The molecule has 1 aliphatic heterocycles. The smallest absolute Gasteiger partial charge is 0.0619 e. The molecule has 94 valence electrons. The van der Waals surface area contributed by atoms with Gasteiger partial charge in [0.05, 0.1) is 13.2 Å². The van der Waals surface area contributed by atoms with Crippen molar-refractivity contribution in [3.05, 3.63) is 0 Å². The van der Waals surface area contributed by atoms with Gasteiger partial charge in [-0.05, 0) is 32.7 Å². The molecular weight excluding hydrogens is 200 g/mol. The fraction of sp³-hybridized carbons (Fsp3) is 1.00. The third-order valence-corrected chi connectivity index (χ3v) is 4.03. The summed E-state index contributed by atoms with van der Waals surface area (Å²) in [6.07, 6.45) is 5.46. The van der Waals surface area contributed by atoms with Crippen LogP contribution in [0.5, 0.6) is 0 Å². The van der Waals surface area contributed by atoms with Gasteiger partial charge in [-0.2, -0.15) is 0 Å². The molecular formula is C13H26N2O. The van der Waals surface area contributed by atoms with E-state index in [0.717, 1.165) is 38.4 Å². The third-order valence-electron chi connectivity index (χ3n) is 4.03. The summed E-state index contributed by atoms with van der Waals surface area (Å²) in [6, 6.07) is 2.15. The molecule has 0 aromatic heterocycles. The fourth-order valence-electron chi connectivity index (χ4n) is 3.22. The molecule has 3 nitrogen and oxygen atoms in total. The Bertz CT molecular complexity index is 208. The van der Waals surface area contributed by atoms with Crippen LogP contribution in [0.3, 0.4) is 0 Å². The van der Waals surface area contributed by atoms with E-state index in [-0.39, 0.29) is 0 Å². The zero-order valence-electron chi connectivity index (χ0n) is 10.7. The highest BCUT2D eigenvalue weighted by atomic mass is 16.5. The number of nitrogens with one attached hydrogen (secondary N) is 1. The van der Waals surface area contributed by atoms with E-state index in [1.165, 1.54) is 25.7 Å². The van der Waals surface area contributed by atoms with E-state index < -0.39 is 0 Å². The highest BCUT2D eigenvalue weighted by Crippen LogP contribution is 2.25. The molecule has 1 N–H and O–H groups in total.